The molecule has 0 radical (unpaired) electrons. The van der Waals surface area contributed by atoms with Crippen LogP contribution in [0.1, 0.15) is 26.7 Å². The van der Waals surface area contributed by atoms with Gasteiger partial charge in [0.05, 0.1) is 12.5 Å². The Labute approximate surface area is 74.4 Å². The summed E-state index contributed by atoms with van der Waals surface area (Å²) in [6, 6.07) is 0. The zero-order valence-electron chi connectivity index (χ0n) is 8.21. The summed E-state index contributed by atoms with van der Waals surface area (Å²) in [7, 11) is 1.78. The van der Waals surface area contributed by atoms with E-state index in [2.05, 4.69) is 0 Å². The van der Waals surface area contributed by atoms with E-state index in [4.69, 9.17) is 5.11 Å². The summed E-state index contributed by atoms with van der Waals surface area (Å²) in [5.41, 5.74) is 0. The average Bonchev–Trinajstić information content (AvgIpc) is 2.07. The lowest BCUT2D eigenvalue weighted by atomic mass is 10.1. The van der Waals surface area contributed by atoms with Crippen molar-refractivity contribution in [2.24, 2.45) is 5.92 Å². The molecule has 0 fully saturated rings. The summed E-state index contributed by atoms with van der Waals surface area (Å²) in [5, 5.41) is 8.87. The first kappa shape index (κ1) is 11.4. The Morgan fingerprint density at radius 1 is 1.50 bits per heavy atom. The van der Waals surface area contributed by atoms with Crippen molar-refractivity contribution in [3.05, 3.63) is 0 Å². The highest BCUT2D eigenvalue weighted by molar-refractivity contribution is 5.78. The molecular weight excluding hydrogens is 154 g/mol. The van der Waals surface area contributed by atoms with Gasteiger partial charge in [0.15, 0.2) is 0 Å². The highest BCUT2D eigenvalue weighted by Crippen LogP contribution is 2.05. The van der Waals surface area contributed by atoms with Crippen molar-refractivity contribution in [2.75, 3.05) is 20.2 Å². The van der Waals surface area contributed by atoms with Gasteiger partial charge in [-0.15, -0.1) is 0 Å². The molecule has 0 heterocycles. The maximum absolute atomic E-state index is 11.5. The normalized spacial score (nSPS) is 12.7. The van der Waals surface area contributed by atoms with E-state index >= 15 is 0 Å². The molecule has 0 rings (SSSR count). The second kappa shape index (κ2) is 6.00. The molecule has 1 N–H and O–H groups in total. The number of aliphatic hydroxyl groups is 1. The minimum absolute atomic E-state index is 0.0383. The van der Waals surface area contributed by atoms with E-state index < -0.39 is 0 Å². The van der Waals surface area contributed by atoms with Crippen LogP contribution in [0.2, 0.25) is 0 Å². The van der Waals surface area contributed by atoms with Gasteiger partial charge in [-0.1, -0.05) is 13.8 Å². The smallest absolute Gasteiger partial charge is 0.227 e. The van der Waals surface area contributed by atoms with Crippen LogP contribution in [0.15, 0.2) is 0 Å². The Morgan fingerprint density at radius 2 is 2.08 bits per heavy atom. The first-order chi connectivity index (χ1) is 5.67. The molecule has 0 aromatic heterocycles. The molecule has 3 heteroatoms. The fourth-order valence-electron chi connectivity index (χ4n) is 1.14. The number of carbonyl (C=O) groups excluding carboxylic acids is 1. The Morgan fingerprint density at radius 3 is 2.42 bits per heavy atom. The summed E-state index contributed by atoms with van der Waals surface area (Å²) in [6.45, 7) is 4.68. The standard InChI is InChI=1S/C9H19NO2/c1-4-6-10(3)9(12)8(5-2)7-11/h8,11H,4-7H2,1-3H3. The van der Waals surface area contributed by atoms with Gasteiger partial charge in [-0.2, -0.15) is 0 Å². The van der Waals surface area contributed by atoms with E-state index in [0.29, 0.717) is 6.42 Å². The number of amides is 1. The van der Waals surface area contributed by atoms with Crippen LogP contribution in [-0.4, -0.2) is 36.1 Å². The van der Waals surface area contributed by atoms with Gasteiger partial charge in [-0.05, 0) is 12.8 Å². The van der Waals surface area contributed by atoms with Gasteiger partial charge in [0.1, 0.15) is 0 Å². The fourth-order valence-corrected chi connectivity index (χ4v) is 1.14. The highest BCUT2D eigenvalue weighted by Gasteiger charge is 2.18. The summed E-state index contributed by atoms with van der Waals surface area (Å²) in [4.78, 5) is 13.1. The van der Waals surface area contributed by atoms with Gasteiger partial charge in [0.25, 0.3) is 0 Å². The second-order valence-corrected chi connectivity index (χ2v) is 3.05. The molecule has 0 aliphatic rings. The van der Waals surface area contributed by atoms with E-state index in [0.717, 1.165) is 13.0 Å². The molecule has 12 heavy (non-hydrogen) atoms. The van der Waals surface area contributed by atoms with Crippen LogP contribution in [0.5, 0.6) is 0 Å². The van der Waals surface area contributed by atoms with Crippen molar-refractivity contribution in [1.82, 2.24) is 4.90 Å². The summed E-state index contributed by atoms with van der Waals surface area (Å²) < 4.78 is 0. The molecule has 0 bridgehead atoms. The van der Waals surface area contributed by atoms with Crippen molar-refractivity contribution in [3.8, 4) is 0 Å². The summed E-state index contributed by atoms with van der Waals surface area (Å²) >= 11 is 0. The molecule has 0 aromatic carbocycles. The van der Waals surface area contributed by atoms with Crippen LogP contribution in [-0.2, 0) is 4.79 Å². The van der Waals surface area contributed by atoms with Gasteiger partial charge >= 0.3 is 0 Å². The van der Waals surface area contributed by atoms with Crippen molar-refractivity contribution in [3.63, 3.8) is 0 Å². The van der Waals surface area contributed by atoms with E-state index in [1.54, 1.807) is 11.9 Å². The van der Waals surface area contributed by atoms with Crippen molar-refractivity contribution in [2.45, 2.75) is 26.7 Å². The molecule has 72 valence electrons. The quantitative estimate of drug-likeness (QED) is 0.670. The predicted molar refractivity (Wildman–Crippen MR) is 48.8 cm³/mol. The SMILES string of the molecule is CCCN(C)C(=O)C(CC)CO. The summed E-state index contributed by atoms with van der Waals surface area (Å²) in [5.74, 6) is -0.150. The minimum atomic E-state index is -0.207. The maximum atomic E-state index is 11.5. The number of aliphatic hydroxyl groups excluding tert-OH is 1. The monoisotopic (exact) mass is 173 g/mol. The maximum Gasteiger partial charge on any atom is 0.227 e. The summed E-state index contributed by atoms with van der Waals surface area (Å²) in [6.07, 6.45) is 1.67. The third kappa shape index (κ3) is 3.22. The molecule has 1 unspecified atom stereocenters. The third-order valence-corrected chi connectivity index (χ3v) is 2.00. The van der Waals surface area contributed by atoms with Crippen molar-refractivity contribution in [1.29, 1.82) is 0 Å². The minimum Gasteiger partial charge on any atom is -0.396 e. The number of hydrogen-bond acceptors (Lipinski definition) is 2. The molecule has 0 spiro atoms. The number of rotatable bonds is 5. The van der Waals surface area contributed by atoms with Crippen molar-refractivity contribution < 1.29 is 9.90 Å². The van der Waals surface area contributed by atoms with Crippen LogP contribution in [0.4, 0.5) is 0 Å². The predicted octanol–water partition coefficient (Wildman–Crippen LogP) is 0.873. The van der Waals surface area contributed by atoms with Gasteiger partial charge < -0.3 is 10.0 Å². The van der Waals surface area contributed by atoms with E-state index in [1.807, 2.05) is 13.8 Å². The molecule has 1 atom stereocenters. The molecule has 3 nitrogen and oxygen atoms in total. The number of hydrogen-bond donors (Lipinski definition) is 1. The molecule has 0 aliphatic heterocycles. The van der Waals surface area contributed by atoms with E-state index in [1.165, 1.54) is 0 Å². The lowest BCUT2D eigenvalue weighted by Crippen LogP contribution is -2.34. The van der Waals surface area contributed by atoms with Crippen LogP contribution in [0.3, 0.4) is 0 Å². The van der Waals surface area contributed by atoms with E-state index in [-0.39, 0.29) is 18.4 Å². The second-order valence-electron chi connectivity index (χ2n) is 3.05. The van der Waals surface area contributed by atoms with Gasteiger partial charge in [-0.25, -0.2) is 0 Å². The molecule has 0 aromatic rings. The van der Waals surface area contributed by atoms with Gasteiger partial charge in [0.2, 0.25) is 5.91 Å². The Bertz CT molecular complexity index is 132. The molecule has 1 amide bonds. The Balaban J connectivity index is 3.97. The lowest BCUT2D eigenvalue weighted by molar-refractivity contribution is -0.135. The first-order valence-corrected chi connectivity index (χ1v) is 4.53. The molecule has 0 saturated heterocycles. The molecule has 0 aliphatic carbocycles. The molecular formula is C9H19NO2. The van der Waals surface area contributed by atoms with E-state index in [9.17, 15) is 4.79 Å². The Kier molecular flexibility index (Phi) is 5.72. The third-order valence-electron chi connectivity index (χ3n) is 2.00. The largest absolute Gasteiger partial charge is 0.396 e. The number of carbonyl (C=O) groups is 1. The van der Waals surface area contributed by atoms with Gasteiger partial charge in [-0.3, -0.25) is 4.79 Å². The lowest BCUT2D eigenvalue weighted by Gasteiger charge is -2.20. The highest BCUT2D eigenvalue weighted by atomic mass is 16.3. The van der Waals surface area contributed by atoms with Crippen LogP contribution in [0.25, 0.3) is 0 Å². The Hall–Kier alpha value is -0.570. The molecule has 0 saturated carbocycles. The fraction of sp³-hybridized carbons (Fsp3) is 0.889. The van der Waals surface area contributed by atoms with Crippen LogP contribution >= 0.6 is 0 Å². The van der Waals surface area contributed by atoms with Crippen molar-refractivity contribution >= 4 is 5.91 Å². The zero-order chi connectivity index (χ0) is 9.56. The topological polar surface area (TPSA) is 40.5 Å². The average molecular weight is 173 g/mol. The van der Waals surface area contributed by atoms with Crippen LogP contribution < -0.4 is 0 Å². The first-order valence-electron chi connectivity index (χ1n) is 4.53. The zero-order valence-corrected chi connectivity index (χ0v) is 8.21. The van der Waals surface area contributed by atoms with Crippen LogP contribution in [0, 0.1) is 5.92 Å². The van der Waals surface area contributed by atoms with Gasteiger partial charge in [0, 0.05) is 13.6 Å². The number of nitrogens with zero attached hydrogens (tertiary/aromatic N) is 1.